The Labute approximate surface area is 185 Å². The molecule has 6 nitrogen and oxygen atoms in total. The molecule has 170 valence electrons. The number of unbranched alkanes of at least 4 members (excludes halogenated alkanes) is 1. The molecule has 0 spiro atoms. The molecule has 1 unspecified atom stereocenters. The van der Waals surface area contributed by atoms with Crippen molar-refractivity contribution >= 4 is 22.8 Å². The lowest BCUT2D eigenvalue weighted by atomic mass is 9.83. The smallest absolute Gasteiger partial charge is 0.305 e. The second-order valence-corrected chi connectivity index (χ2v) is 8.44. The first-order valence-corrected chi connectivity index (χ1v) is 11.6. The van der Waals surface area contributed by atoms with Crippen LogP contribution in [0.5, 0.6) is 0 Å². The van der Waals surface area contributed by atoms with E-state index in [9.17, 15) is 9.59 Å². The quantitative estimate of drug-likeness (QED) is 0.526. The Morgan fingerprint density at radius 1 is 1.16 bits per heavy atom. The van der Waals surface area contributed by atoms with E-state index in [1.54, 1.807) is 0 Å². The minimum atomic E-state index is -0.596. The van der Waals surface area contributed by atoms with Gasteiger partial charge in [-0.05, 0) is 50.7 Å². The lowest BCUT2D eigenvalue weighted by Gasteiger charge is -2.37. The maximum Gasteiger partial charge on any atom is 0.305 e. The largest absolute Gasteiger partial charge is 0.466 e. The van der Waals surface area contributed by atoms with Crippen LogP contribution in [0.1, 0.15) is 70.1 Å². The highest BCUT2D eigenvalue weighted by molar-refractivity contribution is 5.85. The van der Waals surface area contributed by atoms with Gasteiger partial charge >= 0.3 is 5.97 Å². The molecule has 31 heavy (non-hydrogen) atoms. The van der Waals surface area contributed by atoms with Crippen molar-refractivity contribution in [3.63, 3.8) is 0 Å². The third-order valence-corrected chi connectivity index (χ3v) is 6.28. The van der Waals surface area contributed by atoms with E-state index in [-0.39, 0.29) is 11.9 Å². The number of para-hydroxylation sites is 1. The lowest BCUT2D eigenvalue weighted by Crippen LogP contribution is -2.37. The van der Waals surface area contributed by atoms with Gasteiger partial charge in [0, 0.05) is 37.3 Å². The summed E-state index contributed by atoms with van der Waals surface area (Å²) < 4.78 is 11.6. The number of ether oxygens (including phenoxy) is 2. The van der Waals surface area contributed by atoms with E-state index in [2.05, 4.69) is 30.1 Å². The first-order valence-electron chi connectivity index (χ1n) is 11.6. The van der Waals surface area contributed by atoms with Gasteiger partial charge in [0.15, 0.2) is 0 Å². The van der Waals surface area contributed by atoms with Gasteiger partial charge in [0.2, 0.25) is 5.91 Å². The molecule has 1 amide bonds. The van der Waals surface area contributed by atoms with Crippen LogP contribution in [-0.4, -0.2) is 48.6 Å². The molecule has 1 aliphatic rings. The van der Waals surface area contributed by atoms with Gasteiger partial charge < -0.3 is 19.4 Å². The number of carbonyl (C=O) groups is 2. The standard InChI is InChI=1S/C25H36N2O4/c1-4-6-17-27(3)22(28)12-9-15-25(16-13-23(29)30-5-2)24-20(14-18-31-25)19-10-7-8-11-21(19)26-24/h7-8,10-11,26H,4-6,9,12-18H2,1-3H3. The van der Waals surface area contributed by atoms with E-state index < -0.39 is 5.60 Å². The number of aromatic amines is 1. The molecule has 2 aromatic rings. The van der Waals surface area contributed by atoms with Crippen molar-refractivity contribution in [2.75, 3.05) is 26.8 Å². The number of carbonyl (C=O) groups excluding carboxylic acids is 2. The summed E-state index contributed by atoms with van der Waals surface area (Å²) in [7, 11) is 1.88. The highest BCUT2D eigenvalue weighted by Gasteiger charge is 2.40. The van der Waals surface area contributed by atoms with Gasteiger partial charge in [-0.15, -0.1) is 0 Å². The van der Waals surface area contributed by atoms with Crippen molar-refractivity contribution in [1.82, 2.24) is 9.88 Å². The van der Waals surface area contributed by atoms with Gasteiger partial charge in [-0.2, -0.15) is 0 Å². The summed E-state index contributed by atoms with van der Waals surface area (Å²) in [5.41, 5.74) is 2.84. The van der Waals surface area contributed by atoms with Gasteiger partial charge in [0.05, 0.1) is 18.9 Å². The maximum atomic E-state index is 12.5. The minimum absolute atomic E-state index is 0.168. The highest BCUT2D eigenvalue weighted by atomic mass is 16.5. The molecule has 1 aromatic carbocycles. The summed E-state index contributed by atoms with van der Waals surface area (Å²) in [6.45, 7) is 5.74. The summed E-state index contributed by atoms with van der Waals surface area (Å²) in [5, 5.41) is 1.22. The van der Waals surface area contributed by atoms with E-state index in [1.165, 1.54) is 10.9 Å². The maximum absolute atomic E-state index is 12.5. The fourth-order valence-corrected chi connectivity index (χ4v) is 4.56. The molecule has 3 rings (SSSR count). The fourth-order valence-electron chi connectivity index (χ4n) is 4.56. The molecule has 1 N–H and O–H groups in total. The number of esters is 1. The van der Waals surface area contributed by atoms with E-state index in [0.29, 0.717) is 45.3 Å². The van der Waals surface area contributed by atoms with E-state index in [0.717, 1.165) is 37.0 Å². The van der Waals surface area contributed by atoms with Crippen LogP contribution in [0.25, 0.3) is 10.9 Å². The summed E-state index contributed by atoms with van der Waals surface area (Å²) >= 11 is 0. The zero-order valence-electron chi connectivity index (χ0n) is 19.2. The number of rotatable bonds is 11. The predicted octanol–water partition coefficient (Wildman–Crippen LogP) is 4.71. The topological polar surface area (TPSA) is 71.6 Å². The normalized spacial score (nSPS) is 18.0. The van der Waals surface area contributed by atoms with E-state index in [4.69, 9.17) is 9.47 Å². The third-order valence-electron chi connectivity index (χ3n) is 6.28. The summed E-state index contributed by atoms with van der Waals surface area (Å²) in [4.78, 5) is 30.1. The van der Waals surface area contributed by atoms with Crippen molar-refractivity contribution in [1.29, 1.82) is 0 Å². The molecule has 1 aromatic heterocycles. The van der Waals surface area contributed by atoms with Crippen LogP contribution in [0.3, 0.4) is 0 Å². The van der Waals surface area contributed by atoms with Crippen LogP contribution < -0.4 is 0 Å². The summed E-state index contributed by atoms with van der Waals surface area (Å²) in [6, 6.07) is 8.29. The Hall–Kier alpha value is -2.34. The first-order chi connectivity index (χ1) is 15.0. The number of aromatic nitrogens is 1. The SMILES string of the molecule is CCCCN(C)C(=O)CCCC1(CCC(=O)OCC)OCCc2c1[nH]c1ccccc21. The molecular weight excluding hydrogens is 392 g/mol. The van der Waals surface area contributed by atoms with Crippen LogP contribution in [0.4, 0.5) is 0 Å². The number of nitrogens with one attached hydrogen (secondary N) is 1. The summed E-state index contributed by atoms with van der Waals surface area (Å²) in [5.74, 6) is -0.0363. The number of benzene rings is 1. The molecule has 1 aliphatic heterocycles. The molecule has 0 saturated heterocycles. The zero-order valence-corrected chi connectivity index (χ0v) is 19.2. The zero-order chi connectivity index (χ0) is 22.3. The lowest BCUT2D eigenvalue weighted by molar-refractivity contribution is -0.146. The highest BCUT2D eigenvalue weighted by Crippen LogP contribution is 2.43. The molecule has 0 bridgehead atoms. The minimum Gasteiger partial charge on any atom is -0.466 e. The Morgan fingerprint density at radius 2 is 1.97 bits per heavy atom. The Morgan fingerprint density at radius 3 is 2.74 bits per heavy atom. The van der Waals surface area contributed by atoms with Crippen LogP contribution in [0.2, 0.25) is 0 Å². The van der Waals surface area contributed by atoms with Crippen LogP contribution >= 0.6 is 0 Å². The van der Waals surface area contributed by atoms with Crippen molar-refractivity contribution < 1.29 is 19.1 Å². The van der Waals surface area contributed by atoms with Crippen molar-refractivity contribution in [3.8, 4) is 0 Å². The third kappa shape index (κ3) is 5.48. The molecule has 0 aliphatic carbocycles. The number of hydrogen-bond acceptors (Lipinski definition) is 4. The van der Waals surface area contributed by atoms with Crippen LogP contribution in [0.15, 0.2) is 24.3 Å². The number of fused-ring (bicyclic) bond motifs is 3. The monoisotopic (exact) mass is 428 g/mol. The molecule has 0 radical (unpaired) electrons. The fraction of sp³-hybridized carbons (Fsp3) is 0.600. The molecular formula is C25H36N2O4. The van der Waals surface area contributed by atoms with Crippen molar-refractivity contribution in [2.24, 2.45) is 0 Å². The Bertz CT molecular complexity index is 891. The molecule has 0 saturated carbocycles. The Balaban J connectivity index is 1.79. The average molecular weight is 429 g/mol. The number of nitrogens with zero attached hydrogens (tertiary/aromatic N) is 1. The second kappa shape index (κ2) is 10.8. The first kappa shape index (κ1) is 23.3. The van der Waals surface area contributed by atoms with E-state index >= 15 is 0 Å². The Kier molecular flexibility index (Phi) is 8.13. The van der Waals surface area contributed by atoms with Crippen LogP contribution in [0, 0.1) is 0 Å². The average Bonchev–Trinajstić information content (AvgIpc) is 3.16. The van der Waals surface area contributed by atoms with Gasteiger partial charge in [-0.25, -0.2) is 0 Å². The molecule has 2 heterocycles. The van der Waals surface area contributed by atoms with Crippen molar-refractivity contribution in [3.05, 3.63) is 35.5 Å². The number of H-pyrrole nitrogens is 1. The van der Waals surface area contributed by atoms with E-state index in [1.807, 2.05) is 24.9 Å². The molecule has 6 heteroatoms. The second-order valence-electron chi connectivity index (χ2n) is 8.44. The van der Waals surface area contributed by atoms with Gasteiger partial charge in [-0.1, -0.05) is 31.5 Å². The molecule has 1 atom stereocenters. The molecule has 0 fully saturated rings. The van der Waals surface area contributed by atoms with Gasteiger partial charge in [0.1, 0.15) is 5.60 Å². The van der Waals surface area contributed by atoms with Crippen molar-refractivity contribution in [2.45, 2.75) is 70.8 Å². The summed E-state index contributed by atoms with van der Waals surface area (Å²) in [6.07, 6.45) is 5.68. The van der Waals surface area contributed by atoms with Crippen LogP contribution in [-0.2, 0) is 31.1 Å². The predicted molar refractivity (Wildman–Crippen MR) is 122 cm³/mol. The number of hydrogen-bond donors (Lipinski definition) is 1. The van der Waals surface area contributed by atoms with Gasteiger partial charge in [-0.3, -0.25) is 9.59 Å². The van der Waals surface area contributed by atoms with Gasteiger partial charge in [0.25, 0.3) is 0 Å². The number of amides is 1.